The van der Waals surface area contributed by atoms with Crippen molar-refractivity contribution in [2.45, 2.75) is 45.6 Å². The van der Waals surface area contributed by atoms with Gasteiger partial charge in [0.1, 0.15) is 0 Å². The zero-order valence-corrected chi connectivity index (χ0v) is 12.9. The highest BCUT2D eigenvalue weighted by atomic mass is 32.2. The molecule has 5 nitrogen and oxygen atoms in total. The molecule has 6 heteroatoms. The van der Waals surface area contributed by atoms with Crippen molar-refractivity contribution < 1.29 is 8.42 Å². The molecule has 2 fully saturated rings. The van der Waals surface area contributed by atoms with Gasteiger partial charge in [0.05, 0.1) is 0 Å². The number of nitrogens with one attached hydrogen (secondary N) is 2. The van der Waals surface area contributed by atoms with E-state index in [1.54, 1.807) is 4.31 Å². The predicted molar refractivity (Wildman–Crippen MR) is 77.1 cm³/mol. The molecule has 2 N–H and O–H groups in total. The summed E-state index contributed by atoms with van der Waals surface area (Å²) in [5.41, 5.74) is 0. The summed E-state index contributed by atoms with van der Waals surface area (Å²) in [4.78, 5) is 0. The zero-order valence-electron chi connectivity index (χ0n) is 12.1. The highest BCUT2D eigenvalue weighted by Crippen LogP contribution is 2.27. The number of piperidine rings is 1. The minimum Gasteiger partial charge on any atom is -0.317 e. The van der Waals surface area contributed by atoms with Crippen LogP contribution >= 0.6 is 0 Å². The van der Waals surface area contributed by atoms with E-state index in [1.165, 1.54) is 0 Å². The van der Waals surface area contributed by atoms with Gasteiger partial charge in [0.25, 0.3) is 10.2 Å². The average Bonchev–Trinajstić information content (AvgIpc) is 2.35. The normalized spacial score (nSPS) is 30.2. The smallest absolute Gasteiger partial charge is 0.279 e. The fourth-order valence-electron chi connectivity index (χ4n) is 2.99. The van der Waals surface area contributed by atoms with Gasteiger partial charge in [-0.15, -0.1) is 0 Å². The Labute approximate surface area is 117 Å². The molecule has 2 aliphatic rings. The minimum atomic E-state index is -3.25. The number of hydrogen-bond acceptors (Lipinski definition) is 3. The lowest BCUT2D eigenvalue weighted by atomic mass is 9.83. The fourth-order valence-corrected chi connectivity index (χ4v) is 4.44. The quantitative estimate of drug-likeness (QED) is 0.765. The molecule has 2 rings (SSSR count). The van der Waals surface area contributed by atoms with Gasteiger partial charge >= 0.3 is 0 Å². The van der Waals surface area contributed by atoms with Crippen LogP contribution in [0.15, 0.2) is 0 Å². The molecular formula is C13H27N3O2S. The summed E-state index contributed by atoms with van der Waals surface area (Å²) in [6.07, 6.45) is 3.90. The maximum absolute atomic E-state index is 12.2. The first kappa shape index (κ1) is 15.2. The molecule has 0 unspecified atom stereocenters. The van der Waals surface area contributed by atoms with E-state index in [-0.39, 0.29) is 6.04 Å². The average molecular weight is 289 g/mol. The van der Waals surface area contributed by atoms with Gasteiger partial charge in [0.2, 0.25) is 0 Å². The van der Waals surface area contributed by atoms with Gasteiger partial charge in [0, 0.05) is 19.1 Å². The van der Waals surface area contributed by atoms with Crippen molar-refractivity contribution in [2.24, 2.45) is 11.8 Å². The van der Waals surface area contributed by atoms with E-state index >= 15 is 0 Å². The molecule has 1 aliphatic carbocycles. The molecule has 1 heterocycles. The molecule has 0 bridgehead atoms. The lowest BCUT2D eigenvalue weighted by Crippen LogP contribution is -2.51. The molecule has 112 valence electrons. The number of nitrogens with zero attached hydrogens (tertiary/aromatic N) is 1. The van der Waals surface area contributed by atoms with Crippen LogP contribution in [0.25, 0.3) is 0 Å². The van der Waals surface area contributed by atoms with Crippen molar-refractivity contribution in [3.05, 3.63) is 0 Å². The van der Waals surface area contributed by atoms with Crippen LogP contribution in [0.1, 0.15) is 39.5 Å². The molecule has 0 aromatic carbocycles. The molecule has 0 atom stereocenters. The third-order valence-electron chi connectivity index (χ3n) is 4.29. The molecule has 0 radical (unpaired) electrons. The predicted octanol–water partition coefficient (Wildman–Crippen LogP) is 0.941. The minimum absolute atomic E-state index is 0.166. The first-order valence-corrected chi connectivity index (χ1v) is 8.93. The molecule has 0 aromatic heterocycles. The SMILES string of the molecule is CCNCC1CCN(S(=O)(=O)NC2CC(C)C2)CC1. The van der Waals surface area contributed by atoms with Gasteiger partial charge in [-0.05, 0) is 50.6 Å². The Balaban J connectivity index is 1.76. The Morgan fingerprint density at radius 1 is 1.21 bits per heavy atom. The summed E-state index contributed by atoms with van der Waals surface area (Å²) in [6.45, 7) is 7.58. The van der Waals surface area contributed by atoms with Crippen LogP contribution in [-0.2, 0) is 10.2 Å². The van der Waals surface area contributed by atoms with E-state index in [9.17, 15) is 8.42 Å². The number of hydrogen-bond donors (Lipinski definition) is 2. The Morgan fingerprint density at radius 2 is 1.84 bits per heavy atom. The Bertz CT molecular complexity index is 371. The van der Waals surface area contributed by atoms with E-state index in [1.807, 2.05) is 0 Å². The van der Waals surface area contributed by atoms with Crippen LogP contribution < -0.4 is 10.0 Å². The standard InChI is InChI=1S/C13H27N3O2S/c1-3-14-10-12-4-6-16(7-5-12)19(17,18)15-13-8-11(2)9-13/h11-15H,3-10H2,1-2H3. The topological polar surface area (TPSA) is 61.4 Å². The maximum Gasteiger partial charge on any atom is 0.279 e. The van der Waals surface area contributed by atoms with Crippen LogP contribution in [0.3, 0.4) is 0 Å². The van der Waals surface area contributed by atoms with Crippen LogP contribution in [-0.4, -0.2) is 44.9 Å². The molecule has 1 saturated heterocycles. The molecule has 1 aliphatic heterocycles. The van der Waals surface area contributed by atoms with Crippen molar-refractivity contribution in [1.82, 2.24) is 14.3 Å². The Kier molecular flexibility index (Phi) is 5.22. The van der Waals surface area contributed by atoms with Crippen LogP contribution in [0.4, 0.5) is 0 Å². The highest BCUT2D eigenvalue weighted by molar-refractivity contribution is 7.87. The third-order valence-corrected chi connectivity index (χ3v) is 5.96. The van der Waals surface area contributed by atoms with Gasteiger partial charge in [-0.25, -0.2) is 0 Å². The van der Waals surface area contributed by atoms with Crippen LogP contribution in [0.2, 0.25) is 0 Å². The van der Waals surface area contributed by atoms with Gasteiger partial charge in [-0.1, -0.05) is 13.8 Å². The van der Waals surface area contributed by atoms with E-state index < -0.39 is 10.2 Å². The second kappa shape index (κ2) is 6.52. The van der Waals surface area contributed by atoms with E-state index in [2.05, 4.69) is 23.9 Å². The molecule has 1 saturated carbocycles. The van der Waals surface area contributed by atoms with E-state index in [4.69, 9.17) is 0 Å². The number of rotatable bonds is 6. The second-order valence-electron chi connectivity index (χ2n) is 6.05. The summed E-state index contributed by atoms with van der Waals surface area (Å²) < 4.78 is 28.9. The second-order valence-corrected chi connectivity index (χ2v) is 7.75. The summed E-state index contributed by atoms with van der Waals surface area (Å²) in [5.74, 6) is 1.29. The lowest BCUT2D eigenvalue weighted by molar-refractivity contribution is 0.244. The van der Waals surface area contributed by atoms with Crippen LogP contribution in [0, 0.1) is 11.8 Å². The largest absolute Gasteiger partial charge is 0.317 e. The molecule has 0 aromatic rings. The van der Waals surface area contributed by atoms with Gasteiger partial charge in [-0.3, -0.25) is 0 Å². The molecule has 0 amide bonds. The maximum atomic E-state index is 12.2. The first-order chi connectivity index (χ1) is 9.01. The van der Waals surface area contributed by atoms with Crippen LogP contribution in [0.5, 0.6) is 0 Å². The third kappa shape index (κ3) is 4.15. The van der Waals surface area contributed by atoms with Gasteiger partial charge in [0.15, 0.2) is 0 Å². The Morgan fingerprint density at radius 3 is 2.37 bits per heavy atom. The summed E-state index contributed by atoms with van der Waals surface area (Å²) in [7, 11) is -3.25. The van der Waals surface area contributed by atoms with Crippen molar-refractivity contribution >= 4 is 10.2 Å². The van der Waals surface area contributed by atoms with Gasteiger partial charge in [-0.2, -0.15) is 17.4 Å². The molecular weight excluding hydrogens is 262 g/mol. The Hall–Kier alpha value is -0.170. The summed E-state index contributed by atoms with van der Waals surface area (Å²) >= 11 is 0. The summed E-state index contributed by atoms with van der Waals surface area (Å²) in [5, 5.41) is 3.34. The summed E-state index contributed by atoms with van der Waals surface area (Å²) in [6, 6.07) is 0.166. The highest BCUT2D eigenvalue weighted by Gasteiger charge is 2.33. The zero-order chi connectivity index (χ0) is 13.9. The monoisotopic (exact) mass is 289 g/mol. The van der Waals surface area contributed by atoms with Crippen molar-refractivity contribution in [1.29, 1.82) is 0 Å². The van der Waals surface area contributed by atoms with Gasteiger partial charge < -0.3 is 5.32 Å². The lowest BCUT2D eigenvalue weighted by Gasteiger charge is -2.37. The molecule has 19 heavy (non-hydrogen) atoms. The first-order valence-electron chi connectivity index (χ1n) is 7.49. The fraction of sp³-hybridized carbons (Fsp3) is 1.00. The van der Waals surface area contributed by atoms with Crippen molar-refractivity contribution in [3.63, 3.8) is 0 Å². The molecule has 0 spiro atoms. The van der Waals surface area contributed by atoms with Crippen molar-refractivity contribution in [2.75, 3.05) is 26.2 Å². The van der Waals surface area contributed by atoms with Crippen molar-refractivity contribution in [3.8, 4) is 0 Å². The van der Waals surface area contributed by atoms with E-state index in [0.29, 0.717) is 24.9 Å². The van der Waals surface area contributed by atoms with E-state index in [0.717, 1.165) is 38.8 Å².